The Kier molecular flexibility index (Phi) is 7.04. The molecule has 0 amide bonds. The van der Waals surface area contributed by atoms with Crippen LogP contribution in [0, 0.1) is 11.8 Å². The largest absolute Gasteiger partial charge is 0.479 e. The predicted octanol–water partition coefficient (Wildman–Crippen LogP) is 4.02. The molecule has 0 aliphatic heterocycles. The normalized spacial score (nSPS) is 14.1. The van der Waals surface area contributed by atoms with Gasteiger partial charge in [-0.15, -0.1) is 0 Å². The maximum absolute atomic E-state index is 11.4. The lowest BCUT2D eigenvalue weighted by atomic mass is 9.93. The van der Waals surface area contributed by atoms with E-state index in [4.69, 9.17) is 16.3 Å². The third-order valence-corrected chi connectivity index (χ3v) is 4.17. The van der Waals surface area contributed by atoms with Crippen LogP contribution in [0.15, 0.2) is 48.5 Å². The summed E-state index contributed by atoms with van der Waals surface area (Å²) in [5.74, 6) is 4.79. The molecule has 0 aliphatic rings. The third-order valence-electron chi connectivity index (χ3n) is 3.92. The highest BCUT2D eigenvalue weighted by Crippen LogP contribution is 2.22. The van der Waals surface area contributed by atoms with Crippen molar-refractivity contribution in [2.75, 3.05) is 0 Å². The lowest BCUT2D eigenvalue weighted by Gasteiger charge is -2.20. The number of halogens is 1. The lowest BCUT2D eigenvalue weighted by molar-refractivity contribution is -0.153. The van der Waals surface area contributed by atoms with E-state index in [1.54, 1.807) is 63.2 Å². The van der Waals surface area contributed by atoms with Crippen LogP contribution in [-0.2, 0) is 21.6 Å². The van der Waals surface area contributed by atoms with Crippen LogP contribution in [0.1, 0.15) is 37.5 Å². The van der Waals surface area contributed by atoms with Gasteiger partial charge in [0.1, 0.15) is 5.60 Å². The standard InChI is InChI=1S/C22H23ClO4/c1-15(2)27-20(21(24)25)14-17-5-4-6-18(13-17)22(3,26)12-11-16-7-9-19(23)10-8-16/h4-10,13,15,20,26H,14H2,1-3H3,(H,24,25). The Bertz CT molecular complexity index is 845. The number of hydrogen-bond donors (Lipinski definition) is 2. The highest BCUT2D eigenvalue weighted by molar-refractivity contribution is 6.30. The average molecular weight is 387 g/mol. The van der Waals surface area contributed by atoms with Crippen LogP contribution in [0.4, 0.5) is 0 Å². The third kappa shape index (κ3) is 6.41. The minimum absolute atomic E-state index is 0.192. The van der Waals surface area contributed by atoms with Crippen molar-refractivity contribution in [1.29, 1.82) is 0 Å². The number of rotatable bonds is 6. The van der Waals surface area contributed by atoms with E-state index >= 15 is 0 Å². The topological polar surface area (TPSA) is 66.8 Å². The number of ether oxygens (including phenoxy) is 1. The summed E-state index contributed by atoms with van der Waals surface area (Å²) >= 11 is 5.86. The Balaban J connectivity index is 2.22. The highest BCUT2D eigenvalue weighted by Gasteiger charge is 2.23. The molecule has 142 valence electrons. The zero-order valence-corrected chi connectivity index (χ0v) is 16.3. The van der Waals surface area contributed by atoms with Crippen molar-refractivity contribution in [2.24, 2.45) is 0 Å². The van der Waals surface area contributed by atoms with E-state index in [0.29, 0.717) is 10.6 Å². The van der Waals surface area contributed by atoms with Crippen LogP contribution in [0.2, 0.25) is 5.02 Å². The van der Waals surface area contributed by atoms with Crippen molar-refractivity contribution in [3.63, 3.8) is 0 Å². The van der Waals surface area contributed by atoms with Gasteiger partial charge in [-0.1, -0.05) is 47.7 Å². The van der Waals surface area contributed by atoms with E-state index in [-0.39, 0.29) is 12.5 Å². The quantitative estimate of drug-likeness (QED) is 0.736. The van der Waals surface area contributed by atoms with Gasteiger partial charge in [-0.05, 0) is 56.2 Å². The summed E-state index contributed by atoms with van der Waals surface area (Å²) in [4.78, 5) is 11.4. The number of aliphatic carboxylic acids is 1. The van der Waals surface area contributed by atoms with Gasteiger partial charge in [0.15, 0.2) is 6.10 Å². The Labute approximate surface area is 164 Å². The van der Waals surface area contributed by atoms with Gasteiger partial charge >= 0.3 is 5.97 Å². The number of carbonyl (C=O) groups is 1. The molecule has 4 nitrogen and oxygen atoms in total. The molecule has 5 heteroatoms. The molecule has 0 heterocycles. The molecular formula is C22H23ClO4. The molecule has 2 aromatic carbocycles. The Hall–Kier alpha value is -2.32. The molecule has 0 saturated carbocycles. The second-order valence-corrected chi connectivity index (χ2v) is 7.18. The first kappa shape index (κ1) is 21.0. The molecule has 0 radical (unpaired) electrons. The fourth-order valence-electron chi connectivity index (χ4n) is 2.54. The van der Waals surface area contributed by atoms with E-state index in [9.17, 15) is 15.0 Å². The minimum atomic E-state index is -1.38. The van der Waals surface area contributed by atoms with Crippen molar-refractivity contribution in [1.82, 2.24) is 0 Å². The smallest absolute Gasteiger partial charge is 0.333 e. The van der Waals surface area contributed by atoms with Crippen LogP contribution in [0.25, 0.3) is 0 Å². The van der Waals surface area contributed by atoms with Gasteiger partial charge in [-0.25, -0.2) is 4.79 Å². The van der Waals surface area contributed by atoms with Crippen molar-refractivity contribution < 1.29 is 19.7 Å². The van der Waals surface area contributed by atoms with Gasteiger partial charge < -0.3 is 14.9 Å². The van der Waals surface area contributed by atoms with Crippen LogP contribution in [0.3, 0.4) is 0 Å². The van der Waals surface area contributed by atoms with Gasteiger partial charge in [0.2, 0.25) is 0 Å². The molecule has 2 unspecified atom stereocenters. The van der Waals surface area contributed by atoms with E-state index in [1.807, 2.05) is 6.07 Å². The number of carboxylic acid groups (broad SMARTS) is 1. The molecule has 2 aromatic rings. The first-order chi connectivity index (χ1) is 12.7. The number of benzene rings is 2. The first-order valence-electron chi connectivity index (χ1n) is 8.66. The van der Waals surface area contributed by atoms with Crippen molar-refractivity contribution >= 4 is 17.6 Å². The summed E-state index contributed by atoms with van der Waals surface area (Å²) in [6, 6.07) is 14.1. The summed E-state index contributed by atoms with van der Waals surface area (Å²) in [5, 5.41) is 20.7. The van der Waals surface area contributed by atoms with E-state index in [1.165, 1.54) is 0 Å². The Morgan fingerprint density at radius 2 is 1.89 bits per heavy atom. The van der Waals surface area contributed by atoms with Gasteiger partial charge in [-0.2, -0.15) is 0 Å². The van der Waals surface area contributed by atoms with Crippen LogP contribution < -0.4 is 0 Å². The molecule has 2 atom stereocenters. The molecule has 0 fully saturated rings. The second-order valence-electron chi connectivity index (χ2n) is 6.75. The van der Waals surface area contributed by atoms with Gasteiger partial charge in [0, 0.05) is 17.0 Å². The maximum Gasteiger partial charge on any atom is 0.333 e. The predicted molar refractivity (Wildman–Crippen MR) is 106 cm³/mol. The SMILES string of the molecule is CC(C)OC(Cc1cccc(C(C)(O)C#Cc2ccc(Cl)cc2)c1)C(=O)O. The maximum atomic E-state index is 11.4. The van der Waals surface area contributed by atoms with Crippen molar-refractivity contribution in [3.8, 4) is 11.8 Å². The van der Waals surface area contributed by atoms with E-state index in [0.717, 1.165) is 11.1 Å². The van der Waals surface area contributed by atoms with Gasteiger partial charge in [0.25, 0.3) is 0 Å². The van der Waals surface area contributed by atoms with Crippen LogP contribution in [-0.4, -0.2) is 28.4 Å². The summed E-state index contributed by atoms with van der Waals surface area (Å²) in [7, 11) is 0. The molecular weight excluding hydrogens is 364 g/mol. The monoisotopic (exact) mass is 386 g/mol. The molecule has 0 aliphatic carbocycles. The van der Waals surface area contributed by atoms with Crippen LogP contribution >= 0.6 is 11.6 Å². The summed E-state index contributed by atoms with van der Waals surface area (Å²) < 4.78 is 5.46. The lowest BCUT2D eigenvalue weighted by Crippen LogP contribution is -2.29. The molecule has 2 rings (SSSR count). The van der Waals surface area contributed by atoms with Crippen molar-refractivity contribution in [3.05, 3.63) is 70.2 Å². The molecule has 0 spiro atoms. The Morgan fingerprint density at radius 1 is 1.22 bits per heavy atom. The van der Waals surface area contributed by atoms with Crippen molar-refractivity contribution in [2.45, 2.75) is 45.0 Å². The molecule has 0 aromatic heterocycles. The summed E-state index contributed by atoms with van der Waals surface area (Å²) in [5.41, 5.74) is 0.712. The Morgan fingerprint density at radius 3 is 2.48 bits per heavy atom. The first-order valence-corrected chi connectivity index (χ1v) is 9.04. The fraction of sp³-hybridized carbons (Fsp3) is 0.318. The number of carboxylic acids is 1. The van der Waals surface area contributed by atoms with E-state index < -0.39 is 17.7 Å². The number of aliphatic hydroxyl groups is 1. The molecule has 27 heavy (non-hydrogen) atoms. The number of hydrogen-bond acceptors (Lipinski definition) is 3. The van der Waals surface area contributed by atoms with E-state index in [2.05, 4.69) is 11.8 Å². The second kappa shape index (κ2) is 9.05. The van der Waals surface area contributed by atoms with Crippen LogP contribution in [0.5, 0.6) is 0 Å². The van der Waals surface area contributed by atoms with Gasteiger partial charge in [-0.3, -0.25) is 0 Å². The minimum Gasteiger partial charge on any atom is -0.479 e. The molecule has 0 saturated heterocycles. The highest BCUT2D eigenvalue weighted by atomic mass is 35.5. The average Bonchev–Trinajstić information content (AvgIpc) is 2.60. The zero-order chi connectivity index (χ0) is 20.0. The summed E-state index contributed by atoms with van der Waals surface area (Å²) in [6.45, 7) is 5.20. The fourth-order valence-corrected chi connectivity index (χ4v) is 2.66. The summed E-state index contributed by atoms with van der Waals surface area (Å²) in [6.07, 6.45) is -0.921. The zero-order valence-electron chi connectivity index (χ0n) is 15.6. The van der Waals surface area contributed by atoms with Gasteiger partial charge in [0.05, 0.1) is 6.10 Å². The molecule has 0 bridgehead atoms. The molecule has 2 N–H and O–H groups in total.